The van der Waals surface area contributed by atoms with E-state index < -0.39 is 6.10 Å². The fraction of sp³-hybridized carbons (Fsp3) is 0.385. The van der Waals surface area contributed by atoms with Gasteiger partial charge in [-0.2, -0.15) is 0 Å². The molecule has 1 aliphatic heterocycles. The van der Waals surface area contributed by atoms with Gasteiger partial charge in [0.05, 0.1) is 5.69 Å². The lowest BCUT2D eigenvalue weighted by atomic mass is 10.1. The van der Waals surface area contributed by atoms with E-state index in [2.05, 4.69) is 5.32 Å². The highest BCUT2D eigenvalue weighted by Gasteiger charge is 2.28. The smallest absolute Gasteiger partial charge is 0.267 e. The highest BCUT2D eigenvalue weighted by atomic mass is 16.5. The summed E-state index contributed by atoms with van der Waals surface area (Å²) in [6.07, 6.45) is -0.455. The Labute approximate surface area is 106 Å². The van der Waals surface area contributed by atoms with Crippen molar-refractivity contribution in [1.29, 1.82) is 0 Å². The summed E-state index contributed by atoms with van der Waals surface area (Å²) >= 11 is 0. The van der Waals surface area contributed by atoms with Crippen LogP contribution < -0.4 is 15.0 Å². The first kappa shape index (κ1) is 12.4. The predicted molar refractivity (Wildman–Crippen MR) is 67.5 cm³/mol. The van der Waals surface area contributed by atoms with Gasteiger partial charge in [0.2, 0.25) is 5.91 Å². The molecule has 0 radical (unpaired) electrons. The van der Waals surface area contributed by atoms with E-state index in [0.29, 0.717) is 12.3 Å². The first-order valence-electron chi connectivity index (χ1n) is 5.80. The minimum atomic E-state index is -0.455. The molecule has 0 saturated heterocycles. The van der Waals surface area contributed by atoms with Crippen LogP contribution in [-0.4, -0.2) is 25.0 Å². The Kier molecular flexibility index (Phi) is 3.23. The molecule has 5 heteroatoms. The van der Waals surface area contributed by atoms with E-state index in [1.54, 1.807) is 18.9 Å². The zero-order valence-electron chi connectivity index (χ0n) is 10.7. The van der Waals surface area contributed by atoms with Crippen molar-refractivity contribution < 1.29 is 14.3 Å². The molecule has 1 aromatic rings. The SMILES string of the molecule is CC(=O)NCc1ccc2c(c1)N(C)C(=O)C(C)O2. The number of nitrogens with one attached hydrogen (secondary N) is 1. The Morgan fingerprint density at radius 3 is 2.89 bits per heavy atom. The monoisotopic (exact) mass is 248 g/mol. The van der Waals surface area contributed by atoms with Gasteiger partial charge in [-0.15, -0.1) is 0 Å². The summed E-state index contributed by atoms with van der Waals surface area (Å²) in [6.45, 7) is 3.64. The zero-order chi connectivity index (χ0) is 13.3. The van der Waals surface area contributed by atoms with Crippen LogP contribution in [0.3, 0.4) is 0 Å². The number of anilines is 1. The van der Waals surface area contributed by atoms with Gasteiger partial charge in [0.25, 0.3) is 5.91 Å². The number of carbonyl (C=O) groups is 2. The Balaban J connectivity index is 2.26. The maximum Gasteiger partial charge on any atom is 0.267 e. The van der Waals surface area contributed by atoms with Crippen molar-refractivity contribution in [2.75, 3.05) is 11.9 Å². The standard InChI is InChI=1S/C13H16N2O3/c1-8-13(17)15(3)11-6-10(7-14-9(2)16)4-5-12(11)18-8/h4-6,8H,7H2,1-3H3,(H,14,16). The van der Waals surface area contributed by atoms with Crippen LogP contribution in [0.5, 0.6) is 5.75 Å². The molecule has 0 fully saturated rings. The van der Waals surface area contributed by atoms with E-state index in [1.165, 1.54) is 6.92 Å². The van der Waals surface area contributed by atoms with Crippen molar-refractivity contribution >= 4 is 17.5 Å². The van der Waals surface area contributed by atoms with Crippen molar-refractivity contribution in [2.45, 2.75) is 26.5 Å². The summed E-state index contributed by atoms with van der Waals surface area (Å²) in [5.41, 5.74) is 1.67. The van der Waals surface area contributed by atoms with Crippen LogP contribution in [0, 0.1) is 0 Å². The van der Waals surface area contributed by atoms with E-state index >= 15 is 0 Å². The summed E-state index contributed by atoms with van der Waals surface area (Å²) in [7, 11) is 1.72. The summed E-state index contributed by atoms with van der Waals surface area (Å²) in [5.74, 6) is 0.539. The third kappa shape index (κ3) is 2.30. The third-order valence-electron chi connectivity index (χ3n) is 2.91. The van der Waals surface area contributed by atoms with Crippen molar-refractivity contribution in [3.8, 4) is 5.75 Å². The molecule has 0 saturated carbocycles. The molecule has 1 N–H and O–H groups in total. The number of nitrogens with zero attached hydrogens (tertiary/aromatic N) is 1. The highest BCUT2D eigenvalue weighted by molar-refractivity contribution is 5.99. The van der Waals surface area contributed by atoms with E-state index in [0.717, 1.165) is 11.3 Å². The van der Waals surface area contributed by atoms with Gasteiger partial charge in [-0.3, -0.25) is 9.59 Å². The molecule has 1 aliphatic rings. The number of rotatable bonds is 2. The fourth-order valence-electron chi connectivity index (χ4n) is 1.89. The third-order valence-corrected chi connectivity index (χ3v) is 2.91. The zero-order valence-corrected chi connectivity index (χ0v) is 10.7. The molecule has 96 valence electrons. The lowest BCUT2D eigenvalue weighted by Crippen LogP contribution is -2.42. The first-order chi connectivity index (χ1) is 8.49. The lowest BCUT2D eigenvalue weighted by molar-refractivity contribution is -0.125. The van der Waals surface area contributed by atoms with Gasteiger partial charge in [-0.1, -0.05) is 6.07 Å². The number of ether oxygens (including phenoxy) is 1. The molecular weight excluding hydrogens is 232 g/mol. The second-order valence-electron chi connectivity index (χ2n) is 4.37. The van der Waals surface area contributed by atoms with Crippen LogP contribution in [0.15, 0.2) is 18.2 Å². The number of carbonyl (C=O) groups excluding carboxylic acids is 2. The number of amides is 2. The molecule has 1 aromatic carbocycles. The molecule has 0 bridgehead atoms. The minimum absolute atomic E-state index is 0.0702. The maximum absolute atomic E-state index is 11.8. The van der Waals surface area contributed by atoms with Crippen molar-refractivity contribution in [2.24, 2.45) is 0 Å². The predicted octanol–water partition coefficient (Wildman–Crippen LogP) is 1.07. The number of hydrogen-bond donors (Lipinski definition) is 1. The Bertz CT molecular complexity index is 499. The van der Waals surface area contributed by atoms with E-state index in [1.807, 2.05) is 18.2 Å². The van der Waals surface area contributed by atoms with Crippen LogP contribution in [0.2, 0.25) is 0 Å². The van der Waals surface area contributed by atoms with Gasteiger partial charge in [0.1, 0.15) is 5.75 Å². The number of benzene rings is 1. The summed E-state index contributed by atoms with van der Waals surface area (Å²) in [4.78, 5) is 24.2. The quantitative estimate of drug-likeness (QED) is 0.851. The summed E-state index contributed by atoms with van der Waals surface area (Å²) in [6, 6.07) is 5.56. The number of fused-ring (bicyclic) bond motifs is 1. The molecule has 5 nitrogen and oxygen atoms in total. The molecule has 1 unspecified atom stereocenters. The van der Waals surface area contributed by atoms with E-state index in [-0.39, 0.29) is 11.8 Å². The van der Waals surface area contributed by atoms with Gasteiger partial charge in [-0.25, -0.2) is 0 Å². The van der Waals surface area contributed by atoms with Gasteiger partial charge < -0.3 is 15.0 Å². The average Bonchev–Trinajstić information content (AvgIpc) is 2.34. The van der Waals surface area contributed by atoms with E-state index in [4.69, 9.17) is 4.74 Å². The molecule has 0 spiro atoms. The van der Waals surface area contributed by atoms with Gasteiger partial charge in [0.15, 0.2) is 6.10 Å². The van der Waals surface area contributed by atoms with Crippen molar-refractivity contribution in [1.82, 2.24) is 5.32 Å². The molecule has 0 aromatic heterocycles. The molecule has 2 rings (SSSR count). The fourth-order valence-corrected chi connectivity index (χ4v) is 1.89. The molecule has 0 aliphatic carbocycles. The van der Waals surface area contributed by atoms with Crippen LogP contribution in [0.25, 0.3) is 0 Å². The normalized spacial score (nSPS) is 18.1. The second-order valence-corrected chi connectivity index (χ2v) is 4.37. The Morgan fingerprint density at radius 2 is 2.22 bits per heavy atom. The highest BCUT2D eigenvalue weighted by Crippen LogP contribution is 2.33. The Hall–Kier alpha value is -2.04. The Morgan fingerprint density at radius 1 is 1.50 bits per heavy atom. The summed E-state index contributed by atoms with van der Waals surface area (Å²) in [5, 5.41) is 2.72. The largest absolute Gasteiger partial charge is 0.479 e. The molecule has 18 heavy (non-hydrogen) atoms. The lowest BCUT2D eigenvalue weighted by Gasteiger charge is -2.30. The van der Waals surface area contributed by atoms with E-state index in [9.17, 15) is 9.59 Å². The second kappa shape index (κ2) is 4.68. The molecule has 1 heterocycles. The number of likely N-dealkylation sites (N-methyl/N-ethyl adjacent to an activating group) is 1. The maximum atomic E-state index is 11.8. The van der Waals surface area contributed by atoms with Gasteiger partial charge in [0, 0.05) is 20.5 Å². The van der Waals surface area contributed by atoms with Gasteiger partial charge in [-0.05, 0) is 24.6 Å². The van der Waals surface area contributed by atoms with Gasteiger partial charge >= 0.3 is 0 Å². The average molecular weight is 248 g/mol. The van der Waals surface area contributed by atoms with Crippen molar-refractivity contribution in [3.05, 3.63) is 23.8 Å². The molecule has 2 amide bonds. The van der Waals surface area contributed by atoms with Crippen molar-refractivity contribution in [3.63, 3.8) is 0 Å². The molecular formula is C13H16N2O3. The van der Waals surface area contributed by atoms with Crippen LogP contribution in [0.1, 0.15) is 19.4 Å². The number of hydrogen-bond acceptors (Lipinski definition) is 3. The van der Waals surface area contributed by atoms with Crippen LogP contribution in [-0.2, 0) is 16.1 Å². The first-order valence-corrected chi connectivity index (χ1v) is 5.80. The van der Waals surface area contributed by atoms with Crippen LogP contribution >= 0.6 is 0 Å². The topological polar surface area (TPSA) is 58.6 Å². The van der Waals surface area contributed by atoms with Crippen LogP contribution in [0.4, 0.5) is 5.69 Å². The summed E-state index contributed by atoms with van der Waals surface area (Å²) < 4.78 is 5.52. The minimum Gasteiger partial charge on any atom is -0.479 e. The molecule has 1 atom stereocenters.